The Hall–Kier alpha value is -1.99. The molecule has 1 aliphatic heterocycles. The lowest BCUT2D eigenvalue weighted by Gasteiger charge is -2.35. The molecule has 1 aromatic carbocycles. The fourth-order valence-corrected chi connectivity index (χ4v) is 3.12. The minimum atomic E-state index is -0.581. The molecule has 0 spiro atoms. The van der Waals surface area contributed by atoms with Gasteiger partial charge in [-0.1, -0.05) is 29.3 Å². The zero-order valence-electron chi connectivity index (χ0n) is 16.3. The fourth-order valence-electron chi connectivity index (χ4n) is 2.74. The number of alkyl carbamates (subject to hydrolysis) is 1. The van der Waals surface area contributed by atoms with E-state index in [0.717, 1.165) is 0 Å². The Morgan fingerprint density at radius 1 is 1.07 bits per heavy atom. The highest BCUT2D eigenvalue weighted by Crippen LogP contribution is 2.26. The molecular formula is C19H25Cl2N3O4. The summed E-state index contributed by atoms with van der Waals surface area (Å²) in [5, 5.41) is 3.14. The summed E-state index contributed by atoms with van der Waals surface area (Å²) < 4.78 is 5.13. The van der Waals surface area contributed by atoms with Crippen molar-refractivity contribution in [3.8, 4) is 0 Å². The van der Waals surface area contributed by atoms with Crippen LogP contribution in [0.5, 0.6) is 0 Å². The summed E-state index contributed by atoms with van der Waals surface area (Å²) in [5.74, 6) is -0.282. The number of nitrogens with one attached hydrogen (secondary N) is 1. The highest BCUT2D eigenvalue weighted by atomic mass is 35.5. The van der Waals surface area contributed by atoms with Gasteiger partial charge in [0.25, 0.3) is 5.91 Å². The van der Waals surface area contributed by atoms with E-state index in [-0.39, 0.29) is 29.8 Å². The van der Waals surface area contributed by atoms with E-state index in [1.807, 2.05) is 0 Å². The standard InChI is InChI=1S/C19H25Cl2N3O4/c1-19(2,3)28-18(27)22-8-7-15(25)23-9-11-24(12-10-23)17(26)13-5-4-6-14(20)16(13)21/h4-6H,7-12H2,1-3H3,(H,22,27). The smallest absolute Gasteiger partial charge is 0.407 e. The average Bonchev–Trinajstić information content (AvgIpc) is 2.62. The molecule has 0 aromatic heterocycles. The third-order valence-electron chi connectivity index (χ3n) is 4.11. The number of hydrogen-bond donors (Lipinski definition) is 1. The molecular weight excluding hydrogens is 405 g/mol. The largest absolute Gasteiger partial charge is 0.444 e. The molecule has 28 heavy (non-hydrogen) atoms. The van der Waals surface area contributed by atoms with Crippen molar-refractivity contribution in [1.82, 2.24) is 15.1 Å². The molecule has 0 atom stereocenters. The zero-order valence-corrected chi connectivity index (χ0v) is 17.8. The van der Waals surface area contributed by atoms with E-state index < -0.39 is 11.7 Å². The van der Waals surface area contributed by atoms with Crippen molar-refractivity contribution in [3.63, 3.8) is 0 Å². The lowest BCUT2D eigenvalue weighted by molar-refractivity contribution is -0.132. The maximum atomic E-state index is 12.6. The number of piperazine rings is 1. The van der Waals surface area contributed by atoms with Gasteiger partial charge < -0.3 is 19.9 Å². The van der Waals surface area contributed by atoms with Crippen LogP contribution in [0.15, 0.2) is 18.2 Å². The number of amides is 3. The van der Waals surface area contributed by atoms with Gasteiger partial charge in [0, 0.05) is 39.1 Å². The predicted molar refractivity (Wildman–Crippen MR) is 108 cm³/mol. The lowest BCUT2D eigenvalue weighted by Crippen LogP contribution is -2.51. The Labute approximate surface area is 174 Å². The van der Waals surface area contributed by atoms with Gasteiger partial charge >= 0.3 is 6.09 Å². The number of ether oxygens (including phenoxy) is 1. The molecule has 3 amide bonds. The summed E-state index contributed by atoms with van der Waals surface area (Å²) in [7, 11) is 0. The Bertz CT molecular complexity index is 741. The molecule has 1 fully saturated rings. The third kappa shape index (κ3) is 6.27. The first-order valence-corrected chi connectivity index (χ1v) is 9.82. The van der Waals surface area contributed by atoms with Gasteiger partial charge in [-0.05, 0) is 32.9 Å². The summed E-state index contributed by atoms with van der Waals surface area (Å²) in [4.78, 5) is 39.9. The third-order valence-corrected chi connectivity index (χ3v) is 4.93. The highest BCUT2D eigenvalue weighted by molar-refractivity contribution is 6.43. The van der Waals surface area contributed by atoms with E-state index in [2.05, 4.69) is 5.32 Å². The quantitative estimate of drug-likeness (QED) is 0.796. The van der Waals surface area contributed by atoms with Crippen molar-refractivity contribution in [3.05, 3.63) is 33.8 Å². The second-order valence-corrected chi connectivity index (χ2v) is 8.24. The molecule has 0 unspecified atom stereocenters. The first-order valence-electron chi connectivity index (χ1n) is 9.06. The molecule has 1 heterocycles. The number of nitrogens with zero attached hydrogens (tertiary/aromatic N) is 2. The topological polar surface area (TPSA) is 79.0 Å². The van der Waals surface area contributed by atoms with Crippen molar-refractivity contribution in [2.24, 2.45) is 0 Å². The summed E-state index contributed by atoms with van der Waals surface area (Å²) >= 11 is 12.1. The number of carbonyl (C=O) groups excluding carboxylic acids is 3. The van der Waals surface area contributed by atoms with Crippen LogP contribution in [0.25, 0.3) is 0 Å². The molecule has 9 heteroatoms. The summed E-state index contributed by atoms with van der Waals surface area (Å²) in [6.45, 7) is 7.19. The fraction of sp³-hybridized carbons (Fsp3) is 0.526. The molecule has 1 N–H and O–H groups in total. The van der Waals surface area contributed by atoms with Crippen LogP contribution in [0.4, 0.5) is 4.79 Å². The number of halogens is 2. The first-order chi connectivity index (χ1) is 13.1. The normalized spacial score (nSPS) is 14.6. The van der Waals surface area contributed by atoms with Gasteiger partial charge in [-0.2, -0.15) is 0 Å². The van der Waals surface area contributed by atoms with Crippen molar-refractivity contribution in [2.45, 2.75) is 32.8 Å². The Kier molecular flexibility index (Phi) is 7.55. The van der Waals surface area contributed by atoms with Gasteiger partial charge in [0.05, 0.1) is 15.6 Å². The molecule has 1 aliphatic rings. The predicted octanol–water partition coefficient (Wildman–Crippen LogP) is 3.19. The average molecular weight is 430 g/mol. The van der Waals surface area contributed by atoms with Gasteiger partial charge in [-0.15, -0.1) is 0 Å². The van der Waals surface area contributed by atoms with Crippen molar-refractivity contribution < 1.29 is 19.1 Å². The van der Waals surface area contributed by atoms with Crippen LogP contribution in [-0.2, 0) is 9.53 Å². The SMILES string of the molecule is CC(C)(C)OC(=O)NCCC(=O)N1CCN(C(=O)c2cccc(Cl)c2Cl)CC1. The van der Waals surface area contributed by atoms with E-state index in [1.54, 1.807) is 48.8 Å². The monoisotopic (exact) mass is 429 g/mol. The van der Waals surface area contributed by atoms with Crippen LogP contribution in [0.3, 0.4) is 0 Å². The summed E-state index contributed by atoms with van der Waals surface area (Å²) in [5.41, 5.74) is -0.224. The molecule has 0 saturated carbocycles. The van der Waals surface area contributed by atoms with Crippen molar-refractivity contribution in [2.75, 3.05) is 32.7 Å². The second-order valence-electron chi connectivity index (χ2n) is 7.45. The maximum Gasteiger partial charge on any atom is 0.407 e. The van der Waals surface area contributed by atoms with Gasteiger partial charge in [0.1, 0.15) is 5.60 Å². The molecule has 0 radical (unpaired) electrons. The van der Waals surface area contributed by atoms with Crippen LogP contribution >= 0.6 is 23.2 Å². The Morgan fingerprint density at radius 3 is 2.29 bits per heavy atom. The Morgan fingerprint density at radius 2 is 1.68 bits per heavy atom. The minimum absolute atomic E-state index is 0.0797. The number of rotatable bonds is 4. The van der Waals surface area contributed by atoms with Gasteiger partial charge in [0.2, 0.25) is 5.91 Å². The van der Waals surface area contributed by atoms with Crippen molar-refractivity contribution in [1.29, 1.82) is 0 Å². The second kappa shape index (κ2) is 9.47. The molecule has 1 aromatic rings. The van der Waals surface area contributed by atoms with E-state index >= 15 is 0 Å². The maximum absolute atomic E-state index is 12.6. The van der Waals surface area contributed by atoms with Gasteiger partial charge in [-0.3, -0.25) is 9.59 Å². The van der Waals surface area contributed by atoms with Crippen LogP contribution in [0.1, 0.15) is 37.6 Å². The summed E-state index contributed by atoms with van der Waals surface area (Å²) in [6, 6.07) is 4.94. The molecule has 2 rings (SSSR count). The van der Waals surface area contributed by atoms with Gasteiger partial charge in [-0.25, -0.2) is 4.79 Å². The zero-order chi connectivity index (χ0) is 20.9. The van der Waals surface area contributed by atoms with Gasteiger partial charge in [0.15, 0.2) is 0 Å². The van der Waals surface area contributed by atoms with Crippen LogP contribution < -0.4 is 5.32 Å². The molecule has 154 valence electrons. The van der Waals surface area contributed by atoms with Crippen LogP contribution in [0.2, 0.25) is 10.0 Å². The first kappa shape index (κ1) is 22.3. The summed E-state index contributed by atoms with van der Waals surface area (Å²) in [6.07, 6.45) is -0.373. The van der Waals surface area contributed by atoms with Crippen LogP contribution in [0, 0.1) is 0 Å². The highest BCUT2D eigenvalue weighted by Gasteiger charge is 2.26. The molecule has 0 aliphatic carbocycles. The Balaban J connectivity index is 1.78. The number of hydrogen-bond acceptors (Lipinski definition) is 4. The van der Waals surface area contributed by atoms with Crippen molar-refractivity contribution >= 4 is 41.1 Å². The molecule has 0 bridgehead atoms. The van der Waals surface area contributed by atoms with E-state index in [9.17, 15) is 14.4 Å². The number of carbonyl (C=O) groups is 3. The lowest BCUT2D eigenvalue weighted by atomic mass is 10.1. The van der Waals surface area contributed by atoms with Crippen LogP contribution in [-0.4, -0.2) is 66.0 Å². The number of benzene rings is 1. The molecule has 7 nitrogen and oxygen atoms in total. The van der Waals surface area contributed by atoms with E-state index in [1.165, 1.54) is 0 Å². The molecule has 1 saturated heterocycles. The minimum Gasteiger partial charge on any atom is -0.444 e. The van der Waals surface area contributed by atoms with E-state index in [4.69, 9.17) is 27.9 Å². The van der Waals surface area contributed by atoms with E-state index in [0.29, 0.717) is 36.8 Å².